The van der Waals surface area contributed by atoms with Crippen LogP contribution < -0.4 is 9.80 Å². The van der Waals surface area contributed by atoms with Crippen molar-refractivity contribution in [2.75, 3.05) is 9.80 Å². The maximum atomic E-state index is 7.72. The number of furan rings is 1. The summed E-state index contributed by atoms with van der Waals surface area (Å²) in [7, 11) is 0. The number of fused-ring (bicyclic) bond motifs is 16. The molecule has 94 heavy (non-hydrogen) atoms. The van der Waals surface area contributed by atoms with E-state index in [4.69, 9.17) is 4.42 Å². The van der Waals surface area contributed by atoms with E-state index < -0.39 is 0 Å². The Balaban J connectivity index is 0.809. The summed E-state index contributed by atoms with van der Waals surface area (Å²) in [5.74, 6) is 2.75. The Morgan fingerprint density at radius 1 is 0.340 bits per heavy atom. The molecule has 0 saturated heterocycles. The molecule has 4 saturated carbocycles. The van der Waals surface area contributed by atoms with Gasteiger partial charge in [-0.1, -0.05) is 192 Å². The molecule has 0 amide bonds. The molecule has 2 heterocycles. The van der Waals surface area contributed by atoms with Crippen LogP contribution in [0.25, 0.3) is 96.3 Å². The van der Waals surface area contributed by atoms with Crippen LogP contribution in [0.2, 0.25) is 0 Å². The van der Waals surface area contributed by atoms with Crippen molar-refractivity contribution >= 4 is 131 Å². The Kier molecular flexibility index (Phi) is 12.4. The van der Waals surface area contributed by atoms with Crippen molar-refractivity contribution in [1.29, 1.82) is 0 Å². The first-order chi connectivity index (χ1) is 45.0. The average molecular weight is 1240 g/mol. The second-order valence-corrected chi connectivity index (χ2v) is 34.2. The molecule has 3 nitrogen and oxygen atoms in total. The van der Waals surface area contributed by atoms with Crippen molar-refractivity contribution in [3.8, 4) is 11.1 Å². The zero-order valence-electron chi connectivity index (χ0n) is 56.7. The molecule has 4 bridgehead atoms. The molecule has 19 rings (SSSR count). The van der Waals surface area contributed by atoms with Gasteiger partial charge in [-0.05, 0) is 250 Å². The number of nitrogens with zero attached hydrogens (tertiary/aromatic N) is 2. The summed E-state index contributed by atoms with van der Waals surface area (Å²) in [6.45, 7) is 28.2. The van der Waals surface area contributed by atoms with Gasteiger partial charge in [0.15, 0.2) is 0 Å². The number of rotatable bonds is 6. The van der Waals surface area contributed by atoms with Crippen LogP contribution in [0.5, 0.6) is 0 Å². The molecule has 5 aliphatic carbocycles. The average Bonchev–Trinajstić information content (AvgIpc) is 1.48. The lowest BCUT2D eigenvalue weighted by Crippen LogP contribution is -2.55. The fourth-order valence-corrected chi connectivity index (χ4v) is 19.6. The Bertz CT molecular complexity index is 5430. The first kappa shape index (κ1) is 57.9. The maximum absolute atomic E-state index is 7.72. The molecule has 2 aromatic heterocycles. The molecule has 12 aromatic carbocycles. The smallest absolute Gasteiger partial charge is 0.140 e. The predicted octanol–water partition coefficient (Wildman–Crippen LogP) is 26.4. The third-order valence-corrected chi connectivity index (χ3v) is 24.2. The number of benzene rings is 12. The van der Waals surface area contributed by atoms with Crippen molar-refractivity contribution in [3.05, 3.63) is 240 Å². The summed E-state index contributed by atoms with van der Waals surface area (Å²) < 4.78 is 10.4. The van der Waals surface area contributed by atoms with E-state index in [-0.39, 0.29) is 27.1 Å². The standard InChI is InChI=1S/C90H84N2OS/c1-86(2,3)58-42-59(87(4,5)6)45-68(44-58)91(64-25-29-72-56(40-64)23-21-54-17-13-15-19-70(54)72)66-27-31-74-77-34-33-76-78-51-83-79(50-80(78)90(84(76)85(77)93-81(74)48-66)62-36-52-35-53(38-62)39-63(90)37-52)75-32-28-67(49-82(75)94-83)92(69-46-60(88(7,8)9)43-61(47-69)89(10,11)12)65-26-30-73-57(41-65)24-22-55-18-14-16-20-71(55)73/h13-34,40-53,62-63H,35-39H2,1-12H3. The van der Waals surface area contributed by atoms with E-state index in [1.165, 1.54) is 162 Å². The zero-order chi connectivity index (χ0) is 64.3. The molecule has 14 aromatic rings. The number of hydrogen-bond acceptors (Lipinski definition) is 4. The molecular weight excluding hydrogens is 1160 g/mol. The second-order valence-electron chi connectivity index (χ2n) is 33.1. The summed E-state index contributed by atoms with van der Waals surface area (Å²) in [6.07, 6.45) is 6.60. The van der Waals surface area contributed by atoms with Crippen molar-refractivity contribution < 1.29 is 4.42 Å². The van der Waals surface area contributed by atoms with Crippen molar-refractivity contribution in [3.63, 3.8) is 0 Å². The van der Waals surface area contributed by atoms with Gasteiger partial charge in [-0.15, -0.1) is 11.3 Å². The molecule has 466 valence electrons. The molecule has 0 atom stereocenters. The van der Waals surface area contributed by atoms with Gasteiger partial charge >= 0.3 is 0 Å². The van der Waals surface area contributed by atoms with E-state index in [0.717, 1.165) is 40.1 Å². The second kappa shape index (κ2) is 20.2. The first-order valence-electron chi connectivity index (χ1n) is 34.8. The minimum absolute atomic E-state index is 0.0406. The Labute approximate surface area is 558 Å². The van der Waals surface area contributed by atoms with Crippen LogP contribution in [0.15, 0.2) is 211 Å². The third kappa shape index (κ3) is 8.86. The highest BCUT2D eigenvalue weighted by atomic mass is 32.1. The monoisotopic (exact) mass is 1240 g/mol. The van der Waals surface area contributed by atoms with E-state index in [9.17, 15) is 0 Å². The molecule has 0 N–H and O–H groups in total. The molecule has 1 spiro atoms. The van der Waals surface area contributed by atoms with Crippen molar-refractivity contribution in [1.82, 2.24) is 0 Å². The van der Waals surface area contributed by atoms with E-state index in [1.807, 2.05) is 11.3 Å². The molecule has 4 fully saturated rings. The van der Waals surface area contributed by atoms with Crippen molar-refractivity contribution in [2.45, 2.75) is 142 Å². The van der Waals surface area contributed by atoms with E-state index in [1.54, 1.807) is 5.56 Å². The summed E-state index contributed by atoms with van der Waals surface area (Å²) >= 11 is 1.97. The van der Waals surface area contributed by atoms with Gasteiger partial charge in [0.25, 0.3) is 0 Å². The summed E-state index contributed by atoms with van der Waals surface area (Å²) in [6, 6.07) is 80.3. The van der Waals surface area contributed by atoms with Gasteiger partial charge in [-0.2, -0.15) is 0 Å². The fraction of sp³-hybridized carbons (Fsp3) is 0.289. The van der Waals surface area contributed by atoms with Crippen LogP contribution in [-0.2, 0) is 27.1 Å². The molecule has 4 heteroatoms. The van der Waals surface area contributed by atoms with Crippen LogP contribution in [0.4, 0.5) is 34.1 Å². The lowest BCUT2D eigenvalue weighted by atomic mass is 9.43. The number of thiophene rings is 1. The summed E-state index contributed by atoms with van der Waals surface area (Å²) in [5.41, 5.74) is 19.9. The minimum atomic E-state index is -0.129. The SMILES string of the molecule is CC(C)(C)c1cc(N(c2ccc3c(ccc4ccccc43)c2)c2ccc3c(c2)oc2c4c(ccc23)-c2cc3sc5cc(N(c6cc(C(C)(C)C)cc(C(C)(C)C)c6)c6ccc7c(ccc8ccccc87)c6)ccc5c3cc2C42C3CC4CC(C3)CC2C4)cc(C(C)(C)C)c1. The van der Waals surface area contributed by atoms with Gasteiger partial charge < -0.3 is 14.2 Å². The minimum Gasteiger partial charge on any atom is -0.456 e. The zero-order valence-corrected chi connectivity index (χ0v) is 57.5. The van der Waals surface area contributed by atoms with Crippen LogP contribution in [-0.4, -0.2) is 0 Å². The summed E-state index contributed by atoms with van der Waals surface area (Å²) in [4.78, 5) is 5.04. The van der Waals surface area contributed by atoms with E-state index >= 15 is 0 Å². The lowest BCUT2D eigenvalue weighted by molar-refractivity contribution is -0.0396. The molecule has 0 unspecified atom stereocenters. The van der Waals surface area contributed by atoms with Gasteiger partial charge in [0, 0.05) is 82.1 Å². The topological polar surface area (TPSA) is 19.6 Å². The predicted molar refractivity (Wildman–Crippen MR) is 404 cm³/mol. The Morgan fingerprint density at radius 2 is 0.766 bits per heavy atom. The lowest BCUT2D eigenvalue weighted by Gasteiger charge is -2.61. The molecule has 5 aliphatic rings. The highest BCUT2D eigenvalue weighted by Gasteiger charge is 2.63. The van der Waals surface area contributed by atoms with Gasteiger partial charge in [0.1, 0.15) is 11.2 Å². The van der Waals surface area contributed by atoms with Crippen LogP contribution in [0, 0.1) is 23.7 Å². The van der Waals surface area contributed by atoms with E-state index in [2.05, 4.69) is 299 Å². The number of hydrogen-bond donors (Lipinski definition) is 0. The quantitative estimate of drug-likeness (QED) is 0.155. The van der Waals surface area contributed by atoms with Gasteiger partial charge in [-0.3, -0.25) is 0 Å². The first-order valence-corrected chi connectivity index (χ1v) is 35.6. The molecular formula is C90H84N2OS. The molecule has 0 radical (unpaired) electrons. The van der Waals surface area contributed by atoms with E-state index in [0.29, 0.717) is 11.8 Å². The fourth-order valence-electron chi connectivity index (χ4n) is 18.4. The maximum Gasteiger partial charge on any atom is 0.140 e. The van der Waals surface area contributed by atoms with Crippen molar-refractivity contribution in [2.24, 2.45) is 23.7 Å². The van der Waals surface area contributed by atoms with Gasteiger partial charge in [0.05, 0.1) is 0 Å². The largest absolute Gasteiger partial charge is 0.456 e. The number of anilines is 6. The Morgan fingerprint density at radius 3 is 1.28 bits per heavy atom. The van der Waals surface area contributed by atoms with Crippen LogP contribution in [0.1, 0.15) is 149 Å². The van der Waals surface area contributed by atoms with Crippen LogP contribution in [0.3, 0.4) is 0 Å². The Hall–Kier alpha value is -8.70. The highest BCUT2D eigenvalue weighted by Crippen LogP contribution is 2.71. The van der Waals surface area contributed by atoms with Gasteiger partial charge in [-0.25, -0.2) is 0 Å². The van der Waals surface area contributed by atoms with Gasteiger partial charge in [0.2, 0.25) is 0 Å². The normalized spacial score (nSPS) is 19.5. The van der Waals surface area contributed by atoms with Crippen LogP contribution >= 0.6 is 11.3 Å². The third-order valence-electron chi connectivity index (χ3n) is 23.1. The molecule has 0 aliphatic heterocycles. The highest BCUT2D eigenvalue weighted by molar-refractivity contribution is 7.25. The summed E-state index contributed by atoms with van der Waals surface area (Å²) in [5, 5.41) is 15.3.